The molecule has 90 heavy (non-hydrogen) atoms. The van der Waals surface area contributed by atoms with Crippen molar-refractivity contribution in [2.75, 3.05) is 0 Å². The largest absolute Gasteiger partial charge is 0.494 e. The van der Waals surface area contributed by atoms with Crippen molar-refractivity contribution in [3.8, 4) is 78.8 Å². The van der Waals surface area contributed by atoms with E-state index in [0.29, 0.717) is 34.9 Å². The summed E-state index contributed by atoms with van der Waals surface area (Å²) in [7, 11) is -0.445. The lowest BCUT2D eigenvalue weighted by molar-refractivity contribution is 0.00578. The number of fused-ring (bicyclic) bond motifs is 10. The number of aromatic nitrogens is 6. The maximum absolute atomic E-state index is 6.25. The van der Waals surface area contributed by atoms with Crippen LogP contribution in [-0.4, -0.2) is 48.2 Å². The zero-order valence-corrected chi connectivity index (χ0v) is 54.2. The van der Waals surface area contributed by atoms with Crippen molar-refractivity contribution in [1.82, 2.24) is 29.9 Å². The standard InChI is InChI=1S/C35H21N3S2.C27H26BN3O2.C14H7BrS2/c1-3-8-23(9-4-1)33-36-34(24-10-5-2-6-11-24)38-35(37-33)27-13-7-12-25(20-27)30-21-26-15-17-28-29(32(26)40-30)16-14-22-18-19-39-31(22)28;1-26(2)27(3,4)33-28(32-26)22-17-11-16-21(18-22)25-30-23(19-12-7-5-8-13-19)29-24(31-25)20-14-9-6-10-15-20;15-12-7-9-2-4-10-11(14(9)17-12)3-1-8-5-6-16-13(8)10/h1-21H;5-18H,1-4H3;1-7H. The maximum Gasteiger partial charge on any atom is 0.494 e. The fraction of sp³-hybridized carbons (Fsp3) is 0.0789. The first-order chi connectivity index (χ1) is 43.9. The van der Waals surface area contributed by atoms with Crippen molar-refractivity contribution < 1.29 is 9.31 Å². The second-order valence-electron chi connectivity index (χ2n) is 23.0. The first-order valence-electron chi connectivity index (χ1n) is 29.6. The van der Waals surface area contributed by atoms with Crippen LogP contribution in [-0.2, 0) is 9.31 Å². The molecule has 1 aliphatic heterocycles. The van der Waals surface area contributed by atoms with Crippen LogP contribution in [0.1, 0.15) is 27.7 Å². The molecule has 7 heterocycles. The van der Waals surface area contributed by atoms with Gasteiger partial charge in [-0.05, 0) is 117 Å². The Morgan fingerprint density at radius 3 is 1.13 bits per heavy atom. The van der Waals surface area contributed by atoms with Gasteiger partial charge < -0.3 is 9.31 Å². The third-order valence-corrected chi connectivity index (χ3v) is 21.5. The molecule has 16 aromatic rings. The smallest absolute Gasteiger partial charge is 0.399 e. The normalized spacial score (nSPS) is 13.5. The molecule has 1 fully saturated rings. The van der Waals surface area contributed by atoms with Crippen molar-refractivity contribution in [3.63, 3.8) is 0 Å². The molecule has 10 aromatic carbocycles. The summed E-state index contributed by atoms with van der Waals surface area (Å²) in [5.41, 5.74) is 6.98. The van der Waals surface area contributed by atoms with Crippen LogP contribution in [0.4, 0.5) is 0 Å². The molecule has 6 aromatic heterocycles. The summed E-state index contributed by atoms with van der Waals surface area (Å²) in [5.74, 6) is 3.90. The molecule has 0 radical (unpaired) electrons. The number of halogens is 1. The number of thiophene rings is 4. The number of nitrogens with zero attached hydrogens (tertiary/aromatic N) is 6. The fourth-order valence-corrected chi connectivity index (χ4v) is 15.9. The van der Waals surface area contributed by atoms with Gasteiger partial charge >= 0.3 is 7.12 Å². The van der Waals surface area contributed by atoms with Crippen molar-refractivity contribution in [1.29, 1.82) is 0 Å². The lowest BCUT2D eigenvalue weighted by Crippen LogP contribution is -2.41. The minimum absolute atomic E-state index is 0.401. The van der Waals surface area contributed by atoms with Crippen molar-refractivity contribution in [3.05, 3.63) is 257 Å². The first kappa shape index (κ1) is 57.5. The Morgan fingerprint density at radius 2 is 0.678 bits per heavy atom. The van der Waals surface area contributed by atoms with Gasteiger partial charge in [-0.15, -0.1) is 45.3 Å². The van der Waals surface area contributed by atoms with Gasteiger partial charge in [0.15, 0.2) is 34.9 Å². The Hall–Kier alpha value is -8.96. The quantitative estimate of drug-likeness (QED) is 0.139. The highest BCUT2D eigenvalue weighted by Gasteiger charge is 2.51. The molecule has 17 rings (SSSR count). The average Bonchev–Trinajstić information content (AvgIpc) is 1.97. The summed E-state index contributed by atoms with van der Waals surface area (Å²) >= 11 is 10.9. The van der Waals surface area contributed by atoms with Crippen LogP contribution in [0.2, 0.25) is 0 Å². The summed E-state index contributed by atoms with van der Waals surface area (Å²) in [6.07, 6.45) is 0. The zero-order chi connectivity index (χ0) is 60.9. The molecular weight excluding hydrogens is 1250 g/mol. The van der Waals surface area contributed by atoms with E-state index in [-0.39, 0.29) is 0 Å². The highest BCUT2D eigenvalue weighted by atomic mass is 79.9. The van der Waals surface area contributed by atoms with Crippen LogP contribution in [0, 0.1) is 0 Å². The van der Waals surface area contributed by atoms with Gasteiger partial charge in [0, 0.05) is 78.6 Å². The predicted octanol–water partition coefficient (Wildman–Crippen LogP) is 21.3. The number of hydrogen-bond acceptors (Lipinski definition) is 12. The third kappa shape index (κ3) is 11.3. The Morgan fingerprint density at radius 1 is 0.322 bits per heavy atom. The van der Waals surface area contributed by atoms with Gasteiger partial charge in [-0.3, -0.25) is 0 Å². The highest BCUT2D eigenvalue weighted by Crippen LogP contribution is 2.43. The van der Waals surface area contributed by atoms with Gasteiger partial charge in [-0.1, -0.05) is 212 Å². The highest BCUT2D eigenvalue weighted by molar-refractivity contribution is 9.11. The molecule has 1 aliphatic rings. The molecule has 0 N–H and O–H groups in total. The zero-order valence-electron chi connectivity index (χ0n) is 49.3. The van der Waals surface area contributed by atoms with E-state index < -0.39 is 18.3 Å². The lowest BCUT2D eigenvalue weighted by Gasteiger charge is -2.32. The monoisotopic (exact) mass is 1300 g/mol. The van der Waals surface area contributed by atoms with Gasteiger partial charge in [-0.2, -0.15) is 0 Å². The third-order valence-electron chi connectivity index (χ3n) is 16.6. The number of rotatable bonds is 8. The molecule has 1 saturated heterocycles. The van der Waals surface area contributed by atoms with Crippen LogP contribution >= 0.6 is 61.3 Å². The topological polar surface area (TPSA) is 95.8 Å². The number of benzene rings is 10. The Balaban J connectivity index is 0.000000121. The van der Waals surface area contributed by atoms with E-state index in [1.54, 1.807) is 0 Å². The van der Waals surface area contributed by atoms with Crippen LogP contribution < -0.4 is 5.46 Å². The maximum atomic E-state index is 6.25. The molecule has 0 amide bonds. The average molecular weight is 1300 g/mol. The van der Waals surface area contributed by atoms with E-state index in [9.17, 15) is 0 Å². The minimum atomic E-state index is -0.445. The SMILES string of the molecule is Brc1cc2ccc3c(ccc4ccsc43)c2s1.CC1(C)OB(c2cccc(-c3nc(-c4ccccc4)nc(-c4ccccc4)n3)c2)OC1(C)C.c1ccc(-c2nc(-c3ccccc3)nc(-c3cccc(-c4cc5ccc6c(ccc7ccsc76)c5s4)c3)n2)cc1. The summed E-state index contributed by atoms with van der Waals surface area (Å²) in [6, 6.07) is 83.6. The van der Waals surface area contributed by atoms with E-state index in [0.717, 1.165) is 44.4 Å². The van der Waals surface area contributed by atoms with Gasteiger partial charge in [-0.25, -0.2) is 29.9 Å². The summed E-state index contributed by atoms with van der Waals surface area (Å²) in [4.78, 5) is 30.3. The van der Waals surface area contributed by atoms with Crippen LogP contribution in [0.3, 0.4) is 0 Å². The summed E-state index contributed by atoms with van der Waals surface area (Å²) < 4.78 is 19.2. The number of hydrogen-bond donors (Lipinski definition) is 0. The van der Waals surface area contributed by atoms with Gasteiger partial charge in [0.05, 0.1) is 15.0 Å². The van der Waals surface area contributed by atoms with Crippen LogP contribution in [0.15, 0.2) is 257 Å². The molecule has 8 nitrogen and oxygen atoms in total. The Labute approximate surface area is 545 Å². The minimum Gasteiger partial charge on any atom is -0.399 e. The fourth-order valence-electron chi connectivity index (χ4n) is 11.3. The molecular formula is C76H54BBrN6O2S4. The van der Waals surface area contributed by atoms with E-state index in [4.69, 9.17) is 39.2 Å². The molecule has 0 aliphatic carbocycles. The Bertz CT molecular complexity index is 5180. The molecule has 14 heteroatoms. The van der Waals surface area contributed by atoms with Gasteiger partial charge in [0.1, 0.15) is 0 Å². The van der Waals surface area contributed by atoms with E-state index in [2.05, 4.69) is 151 Å². The Kier molecular flexibility index (Phi) is 15.4. The summed E-state index contributed by atoms with van der Waals surface area (Å²) in [6.45, 7) is 8.23. The molecule has 0 unspecified atom stereocenters. The van der Waals surface area contributed by atoms with Crippen LogP contribution in [0.25, 0.3) is 141 Å². The van der Waals surface area contributed by atoms with E-state index in [1.807, 2.05) is 191 Å². The lowest BCUT2D eigenvalue weighted by atomic mass is 9.78. The second-order valence-corrected chi connectivity index (χ2v) is 28.3. The molecule has 0 saturated carbocycles. The summed E-state index contributed by atoms with van der Waals surface area (Å²) in [5, 5.41) is 15.0. The van der Waals surface area contributed by atoms with E-state index >= 15 is 0 Å². The second kappa shape index (κ2) is 24.1. The van der Waals surface area contributed by atoms with Crippen molar-refractivity contribution in [2.24, 2.45) is 0 Å². The molecule has 434 valence electrons. The molecule has 0 bridgehead atoms. The molecule has 0 atom stereocenters. The van der Waals surface area contributed by atoms with E-state index in [1.165, 1.54) is 70.6 Å². The van der Waals surface area contributed by atoms with Crippen LogP contribution in [0.5, 0.6) is 0 Å². The van der Waals surface area contributed by atoms with Crippen molar-refractivity contribution in [2.45, 2.75) is 38.9 Å². The van der Waals surface area contributed by atoms with Gasteiger partial charge in [0.2, 0.25) is 0 Å². The van der Waals surface area contributed by atoms with Crippen molar-refractivity contribution >= 4 is 136 Å². The first-order valence-corrected chi connectivity index (χ1v) is 33.7. The molecule has 0 spiro atoms. The van der Waals surface area contributed by atoms with Gasteiger partial charge in [0.25, 0.3) is 0 Å². The predicted molar refractivity (Wildman–Crippen MR) is 384 cm³/mol.